The lowest BCUT2D eigenvalue weighted by atomic mass is 10.1. The van der Waals surface area contributed by atoms with Gasteiger partial charge in [-0.25, -0.2) is 0 Å². The summed E-state index contributed by atoms with van der Waals surface area (Å²) in [5.74, 6) is -0.266. The summed E-state index contributed by atoms with van der Waals surface area (Å²) in [4.78, 5) is 21.8. The average Bonchev–Trinajstić information content (AvgIpc) is 3.42. The number of aromatic nitrogens is 2. The highest BCUT2D eigenvalue weighted by molar-refractivity contribution is 8.18. The zero-order chi connectivity index (χ0) is 26.3. The largest absolute Gasteiger partial charge is 0.416 e. The van der Waals surface area contributed by atoms with E-state index < -0.39 is 11.7 Å². The van der Waals surface area contributed by atoms with Crippen LogP contribution < -0.4 is 0 Å². The van der Waals surface area contributed by atoms with Crippen molar-refractivity contribution in [2.75, 3.05) is 27.2 Å². The van der Waals surface area contributed by atoms with Crippen LogP contribution in [0.15, 0.2) is 52.5 Å². The number of carbonyl (C=O) groups is 1. The van der Waals surface area contributed by atoms with Crippen molar-refractivity contribution in [1.82, 2.24) is 19.6 Å². The van der Waals surface area contributed by atoms with Gasteiger partial charge in [-0.1, -0.05) is 23.7 Å². The summed E-state index contributed by atoms with van der Waals surface area (Å²) in [6, 6.07) is 9.60. The Bertz CT molecular complexity index is 1410. The van der Waals surface area contributed by atoms with E-state index in [9.17, 15) is 18.0 Å². The van der Waals surface area contributed by atoms with Crippen molar-refractivity contribution in [1.29, 1.82) is 0 Å². The average molecular weight is 548 g/mol. The summed E-state index contributed by atoms with van der Waals surface area (Å²) < 4.78 is 42.1. The first-order chi connectivity index (χ1) is 17.6. The minimum Gasteiger partial charge on any atom is -0.351 e. The SMILES string of the molecule is CN1CCC(N(C)C2=NC(=O)C(=Cc3ccc4c(cnn4Cc4ccc(Cl)cc4C(F)(F)F)c3)S2)CC1. The van der Waals surface area contributed by atoms with Gasteiger partial charge in [-0.05, 0) is 86.2 Å². The molecule has 2 aromatic carbocycles. The number of alkyl halides is 3. The predicted molar refractivity (Wildman–Crippen MR) is 142 cm³/mol. The van der Waals surface area contributed by atoms with Crippen LogP contribution in [-0.4, -0.2) is 63.9 Å². The molecule has 37 heavy (non-hydrogen) atoms. The maximum absolute atomic E-state index is 13.5. The molecule has 1 amide bonds. The molecular weight excluding hydrogens is 523 g/mol. The van der Waals surface area contributed by atoms with E-state index >= 15 is 0 Å². The van der Waals surface area contributed by atoms with Crippen LogP contribution in [0.2, 0.25) is 5.02 Å². The Balaban J connectivity index is 1.33. The molecule has 5 rings (SSSR count). The highest BCUT2D eigenvalue weighted by Gasteiger charge is 2.34. The molecule has 0 atom stereocenters. The van der Waals surface area contributed by atoms with E-state index in [0.29, 0.717) is 21.6 Å². The van der Waals surface area contributed by atoms with Gasteiger partial charge in [0.05, 0.1) is 28.7 Å². The van der Waals surface area contributed by atoms with Crippen LogP contribution in [0.25, 0.3) is 17.0 Å². The number of nitrogens with zero attached hydrogens (tertiary/aromatic N) is 5. The fourth-order valence-electron chi connectivity index (χ4n) is 4.67. The molecule has 0 spiro atoms. The third kappa shape index (κ3) is 5.56. The van der Waals surface area contributed by atoms with Gasteiger partial charge in [0.15, 0.2) is 5.17 Å². The second-order valence-corrected chi connectivity index (χ2v) is 10.8. The van der Waals surface area contributed by atoms with Gasteiger partial charge in [0.2, 0.25) is 0 Å². The lowest BCUT2D eigenvalue weighted by molar-refractivity contribution is -0.138. The molecule has 0 bridgehead atoms. The smallest absolute Gasteiger partial charge is 0.351 e. The number of carbonyl (C=O) groups excluding carboxylic acids is 1. The minimum atomic E-state index is -4.52. The van der Waals surface area contributed by atoms with Crippen molar-refractivity contribution in [2.24, 2.45) is 4.99 Å². The molecule has 0 radical (unpaired) electrons. The summed E-state index contributed by atoms with van der Waals surface area (Å²) >= 11 is 7.17. The molecule has 0 aliphatic carbocycles. The van der Waals surface area contributed by atoms with E-state index in [4.69, 9.17) is 11.6 Å². The van der Waals surface area contributed by atoms with Gasteiger partial charge in [0.1, 0.15) is 0 Å². The number of amides is 1. The van der Waals surface area contributed by atoms with Gasteiger partial charge in [0.25, 0.3) is 5.91 Å². The summed E-state index contributed by atoms with van der Waals surface area (Å²) in [7, 11) is 4.10. The number of piperidine rings is 1. The van der Waals surface area contributed by atoms with E-state index in [2.05, 4.69) is 26.9 Å². The molecule has 3 aromatic rings. The normalized spacial score (nSPS) is 18.7. The van der Waals surface area contributed by atoms with Gasteiger partial charge in [0, 0.05) is 23.5 Å². The van der Waals surface area contributed by atoms with Crippen molar-refractivity contribution in [2.45, 2.75) is 31.6 Å². The fourth-order valence-corrected chi connectivity index (χ4v) is 5.79. The maximum atomic E-state index is 13.5. The molecule has 1 aromatic heterocycles. The number of hydrogen-bond donors (Lipinski definition) is 0. The minimum absolute atomic E-state index is 0.0306. The molecule has 2 aliphatic rings. The van der Waals surface area contributed by atoms with Crippen LogP contribution in [-0.2, 0) is 17.5 Å². The van der Waals surface area contributed by atoms with Gasteiger partial charge in [-0.15, -0.1) is 0 Å². The second kappa shape index (κ2) is 10.2. The Kier molecular flexibility index (Phi) is 7.08. The number of rotatable bonds is 4. The number of hydrogen-bond acceptors (Lipinski definition) is 5. The monoisotopic (exact) mass is 547 g/mol. The molecule has 194 valence electrons. The lowest BCUT2D eigenvalue weighted by Gasteiger charge is -2.35. The number of benzene rings is 2. The summed E-state index contributed by atoms with van der Waals surface area (Å²) in [5, 5.41) is 5.81. The van der Waals surface area contributed by atoms with Crippen LogP contribution >= 0.6 is 23.4 Å². The van der Waals surface area contributed by atoms with Crippen molar-refractivity contribution in [3.05, 3.63) is 69.2 Å². The van der Waals surface area contributed by atoms with Crippen molar-refractivity contribution in [3.8, 4) is 0 Å². The zero-order valence-electron chi connectivity index (χ0n) is 20.3. The number of fused-ring (bicyclic) bond motifs is 1. The van der Waals surface area contributed by atoms with E-state index in [1.54, 1.807) is 18.3 Å². The fraction of sp³-hybridized carbons (Fsp3) is 0.346. The Morgan fingerprint density at radius 2 is 1.95 bits per heavy atom. The predicted octanol–water partition coefficient (Wildman–Crippen LogP) is 5.75. The highest BCUT2D eigenvalue weighted by Crippen LogP contribution is 2.35. The molecule has 3 heterocycles. The molecule has 11 heteroatoms. The molecule has 6 nitrogen and oxygen atoms in total. The molecule has 1 saturated heterocycles. The number of likely N-dealkylation sites (tertiary alicyclic amines) is 1. The number of aliphatic imine (C=N–C) groups is 1. The third-order valence-corrected chi connectivity index (χ3v) is 8.12. The van der Waals surface area contributed by atoms with Gasteiger partial charge in [-0.2, -0.15) is 23.3 Å². The van der Waals surface area contributed by atoms with Gasteiger partial charge in [-0.3, -0.25) is 9.48 Å². The standard InChI is InChI=1S/C26H25ClF3N5OS/c1-33-9-7-20(8-10-33)34(2)25-32-24(36)23(37-25)12-16-3-6-22-18(11-16)14-31-35(22)15-17-4-5-19(27)13-21(17)26(28,29)30/h3-6,11-14,20H,7-10,15H2,1-2H3. The van der Waals surface area contributed by atoms with Crippen molar-refractivity contribution in [3.63, 3.8) is 0 Å². The Morgan fingerprint density at radius 1 is 1.19 bits per heavy atom. The summed E-state index contributed by atoms with van der Waals surface area (Å²) in [6.45, 7) is 1.99. The quantitative estimate of drug-likeness (QED) is 0.389. The molecular formula is C26H25ClF3N5OS. The molecule has 2 aliphatic heterocycles. The van der Waals surface area contributed by atoms with E-state index in [1.165, 1.54) is 28.6 Å². The second-order valence-electron chi connectivity index (χ2n) is 9.38. The summed E-state index contributed by atoms with van der Waals surface area (Å²) in [6.07, 6.45) is 0.946. The topological polar surface area (TPSA) is 53.7 Å². The van der Waals surface area contributed by atoms with Crippen LogP contribution in [0, 0.1) is 0 Å². The third-order valence-electron chi connectivity index (χ3n) is 6.81. The summed E-state index contributed by atoms with van der Waals surface area (Å²) in [5.41, 5.74) is 0.792. The maximum Gasteiger partial charge on any atom is 0.416 e. The van der Waals surface area contributed by atoms with Crippen LogP contribution in [0.5, 0.6) is 0 Å². The van der Waals surface area contributed by atoms with Gasteiger partial charge >= 0.3 is 6.18 Å². The molecule has 0 saturated carbocycles. The van der Waals surface area contributed by atoms with E-state index in [1.807, 2.05) is 19.2 Å². The first-order valence-corrected chi connectivity index (χ1v) is 13.0. The van der Waals surface area contributed by atoms with E-state index in [0.717, 1.165) is 42.9 Å². The first kappa shape index (κ1) is 25.8. The molecule has 0 N–H and O–H groups in total. The van der Waals surface area contributed by atoms with Crippen LogP contribution in [0.3, 0.4) is 0 Å². The Morgan fingerprint density at radius 3 is 2.68 bits per heavy atom. The van der Waals surface area contributed by atoms with Crippen LogP contribution in [0.1, 0.15) is 29.5 Å². The number of thioether (sulfide) groups is 1. The van der Waals surface area contributed by atoms with Crippen molar-refractivity contribution >= 4 is 51.4 Å². The first-order valence-electron chi connectivity index (χ1n) is 11.8. The van der Waals surface area contributed by atoms with E-state index in [-0.39, 0.29) is 23.0 Å². The molecule has 1 fully saturated rings. The van der Waals surface area contributed by atoms with Crippen molar-refractivity contribution < 1.29 is 18.0 Å². The Hall–Kier alpha value is -2.82. The number of amidine groups is 1. The van der Waals surface area contributed by atoms with Gasteiger partial charge < -0.3 is 9.80 Å². The molecule has 0 unspecified atom stereocenters. The highest BCUT2D eigenvalue weighted by atomic mass is 35.5. The van der Waals surface area contributed by atoms with Crippen LogP contribution in [0.4, 0.5) is 13.2 Å². The number of halogens is 4. The Labute approximate surface area is 221 Å². The lowest BCUT2D eigenvalue weighted by Crippen LogP contribution is -2.43. The zero-order valence-corrected chi connectivity index (χ0v) is 21.9.